The van der Waals surface area contributed by atoms with Gasteiger partial charge in [-0.2, -0.15) is 13.2 Å². The Morgan fingerprint density at radius 3 is 2.47 bits per heavy atom. The smallest absolute Gasteiger partial charge is 0.346 e. The Labute approximate surface area is 96.8 Å². The Bertz CT molecular complexity index is 567. The molecule has 1 aromatic carbocycles. The van der Waals surface area contributed by atoms with Gasteiger partial charge < -0.3 is 10.3 Å². The van der Waals surface area contributed by atoms with Gasteiger partial charge >= 0.3 is 6.18 Å². The number of nitrogens with two attached hydrogens (primary N) is 1. The number of nitrogens with zero attached hydrogens (tertiary/aromatic N) is 1. The first-order chi connectivity index (χ1) is 7.88. The molecule has 2 N–H and O–H groups in total. The van der Waals surface area contributed by atoms with Crippen LogP contribution < -0.4 is 5.73 Å². The van der Waals surface area contributed by atoms with Crippen molar-refractivity contribution in [2.24, 2.45) is 12.8 Å². The molecule has 0 saturated carbocycles. The van der Waals surface area contributed by atoms with E-state index < -0.39 is 11.7 Å². The summed E-state index contributed by atoms with van der Waals surface area (Å²) in [6, 6.07) is 4.22. The third-order valence-electron chi connectivity index (χ3n) is 3.11. The summed E-state index contributed by atoms with van der Waals surface area (Å²) in [5, 5.41) is 0.614. The van der Waals surface area contributed by atoms with E-state index in [1.54, 1.807) is 20.0 Å². The minimum atomic E-state index is -4.34. The third-order valence-corrected chi connectivity index (χ3v) is 3.11. The maximum absolute atomic E-state index is 12.9. The summed E-state index contributed by atoms with van der Waals surface area (Å²) in [6.07, 6.45) is -4.34. The molecule has 0 atom stereocenters. The van der Waals surface area contributed by atoms with Crippen molar-refractivity contribution in [3.05, 3.63) is 35.0 Å². The molecule has 2 rings (SSSR count). The van der Waals surface area contributed by atoms with Gasteiger partial charge in [-0.15, -0.1) is 0 Å². The zero-order chi connectivity index (χ0) is 12.8. The molecule has 17 heavy (non-hydrogen) atoms. The van der Waals surface area contributed by atoms with E-state index in [9.17, 15) is 13.2 Å². The van der Waals surface area contributed by atoms with Gasteiger partial charge in [0.25, 0.3) is 0 Å². The molecule has 5 heteroatoms. The van der Waals surface area contributed by atoms with E-state index in [2.05, 4.69) is 0 Å². The van der Waals surface area contributed by atoms with Crippen LogP contribution in [0.5, 0.6) is 0 Å². The minimum absolute atomic E-state index is 0.206. The van der Waals surface area contributed by atoms with Crippen LogP contribution >= 0.6 is 0 Å². The van der Waals surface area contributed by atoms with Gasteiger partial charge in [-0.05, 0) is 18.6 Å². The molecule has 0 amide bonds. The molecule has 0 unspecified atom stereocenters. The van der Waals surface area contributed by atoms with E-state index in [0.717, 1.165) is 17.3 Å². The van der Waals surface area contributed by atoms with Crippen LogP contribution in [0.4, 0.5) is 13.2 Å². The van der Waals surface area contributed by atoms with E-state index in [0.29, 0.717) is 5.39 Å². The van der Waals surface area contributed by atoms with Gasteiger partial charge in [-0.25, -0.2) is 0 Å². The zero-order valence-electron chi connectivity index (χ0n) is 9.60. The number of rotatable bonds is 1. The second kappa shape index (κ2) is 3.77. The van der Waals surface area contributed by atoms with Crippen LogP contribution in [0.2, 0.25) is 0 Å². The number of aromatic nitrogens is 1. The molecule has 1 aromatic heterocycles. The van der Waals surface area contributed by atoms with Crippen LogP contribution in [-0.4, -0.2) is 4.57 Å². The predicted molar refractivity (Wildman–Crippen MR) is 60.5 cm³/mol. The number of hydrogen-bond donors (Lipinski definition) is 1. The normalized spacial score (nSPS) is 12.4. The zero-order valence-corrected chi connectivity index (χ0v) is 9.60. The molecule has 0 radical (unpaired) electrons. The van der Waals surface area contributed by atoms with Crippen molar-refractivity contribution in [3.63, 3.8) is 0 Å². The lowest BCUT2D eigenvalue weighted by atomic mass is 10.1. The topological polar surface area (TPSA) is 30.9 Å². The third kappa shape index (κ3) is 1.70. The fraction of sp³-hybridized carbons (Fsp3) is 0.333. The van der Waals surface area contributed by atoms with Gasteiger partial charge in [0.05, 0.1) is 11.1 Å². The first-order valence-corrected chi connectivity index (χ1v) is 5.22. The number of aryl methyl sites for hydroxylation is 2. The Hall–Kier alpha value is -1.49. The van der Waals surface area contributed by atoms with Crippen LogP contribution in [0.15, 0.2) is 18.2 Å². The summed E-state index contributed by atoms with van der Waals surface area (Å²) >= 11 is 0. The van der Waals surface area contributed by atoms with Gasteiger partial charge in [0.1, 0.15) is 0 Å². The summed E-state index contributed by atoms with van der Waals surface area (Å²) in [4.78, 5) is 0. The second-order valence-electron chi connectivity index (χ2n) is 4.03. The summed E-state index contributed by atoms with van der Waals surface area (Å²) < 4.78 is 40.2. The SMILES string of the molecule is Cc1c(CN)n(C)c2c(C(F)(F)F)cccc12. The maximum atomic E-state index is 12.9. The van der Waals surface area contributed by atoms with Crippen molar-refractivity contribution in [1.29, 1.82) is 0 Å². The lowest BCUT2D eigenvalue weighted by molar-refractivity contribution is -0.136. The Morgan fingerprint density at radius 2 is 1.94 bits per heavy atom. The Morgan fingerprint density at radius 1 is 1.29 bits per heavy atom. The van der Waals surface area contributed by atoms with Crippen molar-refractivity contribution in [3.8, 4) is 0 Å². The number of fused-ring (bicyclic) bond motifs is 1. The van der Waals surface area contributed by atoms with E-state index in [4.69, 9.17) is 5.73 Å². The first-order valence-electron chi connectivity index (χ1n) is 5.22. The summed E-state index contributed by atoms with van der Waals surface area (Å²) in [5.41, 5.74) is 6.72. The van der Waals surface area contributed by atoms with Crippen LogP contribution in [0.3, 0.4) is 0 Å². The fourth-order valence-corrected chi connectivity index (χ4v) is 2.27. The highest BCUT2D eigenvalue weighted by molar-refractivity contribution is 5.88. The highest BCUT2D eigenvalue weighted by atomic mass is 19.4. The number of para-hydroxylation sites is 1. The molecule has 2 nitrogen and oxygen atoms in total. The van der Waals surface area contributed by atoms with Crippen molar-refractivity contribution < 1.29 is 13.2 Å². The molecule has 0 aliphatic rings. The lowest BCUT2D eigenvalue weighted by Crippen LogP contribution is -2.09. The fourth-order valence-electron chi connectivity index (χ4n) is 2.27. The standard InChI is InChI=1S/C12H13F3N2/c1-7-8-4-3-5-9(12(13,14)15)11(8)17(2)10(7)6-16/h3-5H,6,16H2,1-2H3. The average Bonchev–Trinajstić information content (AvgIpc) is 2.50. The van der Waals surface area contributed by atoms with Gasteiger partial charge in [-0.1, -0.05) is 12.1 Å². The Kier molecular flexibility index (Phi) is 2.66. The molecular formula is C12H13F3N2. The largest absolute Gasteiger partial charge is 0.418 e. The number of halogens is 3. The average molecular weight is 242 g/mol. The van der Waals surface area contributed by atoms with Crippen molar-refractivity contribution >= 4 is 10.9 Å². The molecule has 2 aromatic rings. The number of hydrogen-bond acceptors (Lipinski definition) is 1. The summed E-state index contributed by atoms with van der Waals surface area (Å²) in [6.45, 7) is 2.03. The predicted octanol–water partition coefficient (Wildman–Crippen LogP) is 2.96. The van der Waals surface area contributed by atoms with Gasteiger partial charge in [0, 0.05) is 24.7 Å². The quantitative estimate of drug-likeness (QED) is 0.818. The minimum Gasteiger partial charge on any atom is -0.346 e. The molecule has 92 valence electrons. The van der Waals surface area contributed by atoms with Gasteiger partial charge in [0.2, 0.25) is 0 Å². The van der Waals surface area contributed by atoms with Crippen molar-refractivity contribution in [2.75, 3.05) is 0 Å². The number of benzene rings is 1. The highest BCUT2D eigenvalue weighted by Gasteiger charge is 2.34. The van der Waals surface area contributed by atoms with Crippen LogP contribution in [-0.2, 0) is 19.8 Å². The van der Waals surface area contributed by atoms with E-state index in [1.165, 1.54) is 10.6 Å². The molecule has 0 saturated heterocycles. The van der Waals surface area contributed by atoms with Crippen LogP contribution in [0, 0.1) is 6.92 Å². The monoisotopic (exact) mass is 242 g/mol. The molecule has 0 spiro atoms. The van der Waals surface area contributed by atoms with E-state index in [1.807, 2.05) is 0 Å². The molecule has 1 heterocycles. The van der Waals surface area contributed by atoms with Crippen molar-refractivity contribution in [1.82, 2.24) is 4.57 Å². The molecule has 0 aliphatic carbocycles. The van der Waals surface area contributed by atoms with Crippen LogP contribution in [0.25, 0.3) is 10.9 Å². The molecule has 0 bridgehead atoms. The maximum Gasteiger partial charge on any atom is 0.418 e. The summed E-state index contributed by atoms with van der Waals surface area (Å²) in [5.74, 6) is 0. The Balaban J connectivity index is 2.90. The lowest BCUT2D eigenvalue weighted by Gasteiger charge is -2.10. The van der Waals surface area contributed by atoms with E-state index in [-0.39, 0.29) is 12.1 Å². The first kappa shape index (κ1) is 12.0. The van der Waals surface area contributed by atoms with Gasteiger partial charge in [0.15, 0.2) is 0 Å². The molecule has 0 aliphatic heterocycles. The highest BCUT2D eigenvalue weighted by Crippen LogP contribution is 2.37. The van der Waals surface area contributed by atoms with Crippen molar-refractivity contribution in [2.45, 2.75) is 19.6 Å². The number of alkyl halides is 3. The molecule has 0 fully saturated rings. The van der Waals surface area contributed by atoms with Crippen LogP contribution in [0.1, 0.15) is 16.8 Å². The summed E-state index contributed by atoms with van der Waals surface area (Å²) in [7, 11) is 1.62. The van der Waals surface area contributed by atoms with Gasteiger partial charge in [-0.3, -0.25) is 0 Å². The molecular weight excluding hydrogens is 229 g/mol. The second-order valence-corrected chi connectivity index (χ2v) is 4.03. The van der Waals surface area contributed by atoms with E-state index >= 15 is 0 Å².